The van der Waals surface area contributed by atoms with Crippen molar-refractivity contribution in [2.24, 2.45) is 5.92 Å². The van der Waals surface area contributed by atoms with Crippen LogP contribution in [0.25, 0.3) is 5.52 Å². The molecule has 3 aliphatic rings. The number of piperidine rings is 3. The highest BCUT2D eigenvalue weighted by molar-refractivity contribution is 6.31. The molecular weight excluding hydrogens is 489 g/mol. The molecule has 0 spiro atoms. The Morgan fingerprint density at radius 3 is 2.51 bits per heavy atom. The Hall–Kier alpha value is -2.87. The van der Waals surface area contributed by atoms with Crippen LogP contribution in [0.5, 0.6) is 0 Å². The largest absolute Gasteiger partial charge is 0.462 e. The first-order valence-corrected chi connectivity index (χ1v) is 12.0. The van der Waals surface area contributed by atoms with Crippen molar-refractivity contribution in [3.8, 4) is 0 Å². The molecule has 6 rings (SSSR count). The van der Waals surface area contributed by atoms with Gasteiger partial charge >= 0.3 is 5.97 Å². The molecule has 2 aromatic heterocycles. The lowest BCUT2D eigenvalue weighted by molar-refractivity contribution is 0.0528. The number of aromatic nitrogens is 1. The zero-order chi connectivity index (χ0) is 23.8. The minimum Gasteiger partial charge on any atom is -0.462 e. The van der Waals surface area contributed by atoms with Gasteiger partial charge in [-0.3, -0.25) is 9.59 Å². The monoisotopic (exact) mass is 515 g/mol. The number of pyridine rings is 1. The van der Waals surface area contributed by atoms with Crippen LogP contribution in [0.1, 0.15) is 56.5 Å². The summed E-state index contributed by atoms with van der Waals surface area (Å²) >= 11 is 6.07. The molecule has 184 valence electrons. The van der Waals surface area contributed by atoms with E-state index in [4.69, 9.17) is 16.3 Å². The number of carbonyl (C=O) groups is 3. The first-order chi connectivity index (χ1) is 16.4. The van der Waals surface area contributed by atoms with Gasteiger partial charge in [0.05, 0.1) is 23.4 Å². The van der Waals surface area contributed by atoms with E-state index in [1.54, 1.807) is 53.9 Å². The number of benzene rings is 1. The number of carbonyl (C=O) groups excluding carboxylic acids is 3. The number of nitrogens with one attached hydrogen (secondary N) is 1. The highest BCUT2D eigenvalue weighted by Crippen LogP contribution is 2.28. The molecule has 1 amide bonds. The quantitative estimate of drug-likeness (QED) is 0.392. The lowest BCUT2D eigenvalue weighted by Gasteiger charge is -2.44. The number of amides is 1. The molecule has 5 heterocycles. The maximum atomic E-state index is 13.2. The molecule has 0 saturated carbocycles. The lowest BCUT2D eigenvalue weighted by Crippen LogP contribution is -2.57. The first-order valence-electron chi connectivity index (χ1n) is 11.6. The van der Waals surface area contributed by atoms with Gasteiger partial charge in [-0.1, -0.05) is 23.7 Å². The summed E-state index contributed by atoms with van der Waals surface area (Å²) in [6.45, 7) is 4.99. The van der Waals surface area contributed by atoms with Crippen molar-refractivity contribution in [1.29, 1.82) is 0 Å². The van der Waals surface area contributed by atoms with Crippen molar-refractivity contribution in [2.45, 2.75) is 25.8 Å². The number of ketones is 1. The van der Waals surface area contributed by atoms with E-state index in [9.17, 15) is 14.4 Å². The van der Waals surface area contributed by atoms with E-state index in [-0.39, 0.29) is 42.3 Å². The van der Waals surface area contributed by atoms with Crippen LogP contribution < -0.4 is 5.32 Å². The average molecular weight is 516 g/mol. The van der Waals surface area contributed by atoms with E-state index in [0.29, 0.717) is 33.3 Å². The van der Waals surface area contributed by atoms with Gasteiger partial charge in [0.15, 0.2) is 0 Å². The van der Waals surface area contributed by atoms with Gasteiger partial charge in [0.1, 0.15) is 0 Å². The van der Waals surface area contributed by atoms with Crippen molar-refractivity contribution in [2.75, 3.05) is 26.2 Å². The molecule has 7 nitrogen and oxygen atoms in total. The standard InChI is InChI=1S/C26H26ClN3O4.ClH/c1-2-34-26(33)20-14-23(24(31)17-4-3-5-19(27)12-17)30-11-8-18(13-22(20)30)25(32)28-21-15-29-9-6-16(21)7-10-29;/h3-5,8,11-14,16,21H,2,6-7,9-10,15H2,1H3,(H,28,32);1H/t21-;/m0./s1. The number of rotatable bonds is 6. The lowest BCUT2D eigenvalue weighted by atomic mass is 9.84. The topological polar surface area (TPSA) is 80.1 Å². The van der Waals surface area contributed by atoms with Crippen molar-refractivity contribution < 1.29 is 19.1 Å². The Bertz CT molecular complexity index is 1280. The highest BCUT2D eigenvalue weighted by atomic mass is 35.5. The number of fused-ring (bicyclic) bond motifs is 4. The fourth-order valence-electron chi connectivity index (χ4n) is 5.04. The summed E-state index contributed by atoms with van der Waals surface area (Å²) < 4.78 is 6.84. The molecule has 0 unspecified atom stereocenters. The molecule has 3 aromatic rings. The maximum absolute atomic E-state index is 13.2. The number of nitrogens with zero attached hydrogens (tertiary/aromatic N) is 2. The van der Waals surface area contributed by atoms with Crippen LogP contribution >= 0.6 is 24.0 Å². The van der Waals surface area contributed by atoms with Gasteiger partial charge in [-0.2, -0.15) is 0 Å². The third-order valence-corrected chi connectivity index (χ3v) is 7.06. The second-order valence-electron chi connectivity index (χ2n) is 8.89. The van der Waals surface area contributed by atoms with Crippen molar-refractivity contribution in [1.82, 2.24) is 14.6 Å². The molecule has 1 N–H and O–H groups in total. The fraction of sp³-hybridized carbons (Fsp3) is 0.346. The van der Waals surface area contributed by atoms with E-state index >= 15 is 0 Å². The van der Waals surface area contributed by atoms with Gasteiger partial charge in [-0.25, -0.2) is 4.79 Å². The van der Waals surface area contributed by atoms with Crippen molar-refractivity contribution in [3.63, 3.8) is 0 Å². The summed E-state index contributed by atoms with van der Waals surface area (Å²) in [4.78, 5) is 41.4. The van der Waals surface area contributed by atoms with Crippen LogP contribution in [0, 0.1) is 5.92 Å². The Kier molecular flexibility index (Phi) is 7.50. The minimum absolute atomic E-state index is 0. The summed E-state index contributed by atoms with van der Waals surface area (Å²) in [6, 6.07) is 11.6. The molecule has 2 bridgehead atoms. The molecule has 0 radical (unpaired) electrons. The zero-order valence-electron chi connectivity index (χ0n) is 19.3. The summed E-state index contributed by atoms with van der Waals surface area (Å²) in [6.07, 6.45) is 3.86. The molecule has 0 aliphatic carbocycles. The van der Waals surface area contributed by atoms with Crippen LogP contribution in [0.2, 0.25) is 5.02 Å². The van der Waals surface area contributed by atoms with Crippen molar-refractivity contribution in [3.05, 3.63) is 76.1 Å². The summed E-state index contributed by atoms with van der Waals surface area (Å²) in [5.41, 5.74) is 1.83. The van der Waals surface area contributed by atoms with E-state index in [2.05, 4.69) is 10.2 Å². The SMILES string of the molecule is CCOC(=O)c1cc(C(=O)c2cccc(Cl)c2)n2ccc(C(=O)N[C@H]3CN4CCC3CC4)cc12.Cl. The number of esters is 1. The van der Waals surface area contributed by atoms with E-state index in [0.717, 1.165) is 32.5 Å². The van der Waals surface area contributed by atoms with Crippen molar-refractivity contribution >= 4 is 47.2 Å². The minimum atomic E-state index is -0.542. The molecule has 3 aliphatic heterocycles. The number of hydrogen-bond donors (Lipinski definition) is 1. The molecule has 35 heavy (non-hydrogen) atoms. The second-order valence-corrected chi connectivity index (χ2v) is 9.33. The zero-order valence-corrected chi connectivity index (χ0v) is 20.9. The predicted molar refractivity (Wildman–Crippen MR) is 136 cm³/mol. The van der Waals surface area contributed by atoms with Gasteiger partial charge < -0.3 is 19.4 Å². The summed E-state index contributed by atoms with van der Waals surface area (Å²) in [7, 11) is 0. The van der Waals surface area contributed by atoms with E-state index in [1.165, 1.54) is 6.07 Å². The van der Waals surface area contributed by atoms with Crippen LogP contribution in [0.15, 0.2) is 48.7 Å². The maximum Gasteiger partial charge on any atom is 0.340 e. The average Bonchev–Trinajstić information content (AvgIpc) is 3.23. The third-order valence-electron chi connectivity index (χ3n) is 6.82. The van der Waals surface area contributed by atoms with Crippen LogP contribution in [0.4, 0.5) is 0 Å². The highest BCUT2D eigenvalue weighted by Gasteiger charge is 2.35. The number of ether oxygens (including phenoxy) is 1. The summed E-state index contributed by atoms with van der Waals surface area (Å²) in [5, 5.41) is 3.63. The number of hydrogen-bond acceptors (Lipinski definition) is 5. The van der Waals surface area contributed by atoms with Crippen LogP contribution in [-0.4, -0.2) is 59.2 Å². The number of halogens is 2. The molecule has 1 aromatic carbocycles. The van der Waals surface area contributed by atoms with Gasteiger partial charge in [0, 0.05) is 34.9 Å². The molecule has 1 atom stereocenters. The second kappa shape index (κ2) is 10.4. The molecule has 3 fully saturated rings. The molecular formula is C26H27Cl2N3O4. The Balaban J connectivity index is 0.00000289. The van der Waals surface area contributed by atoms with Gasteiger partial charge in [-0.05, 0) is 69.1 Å². The summed E-state index contributed by atoms with van der Waals surface area (Å²) in [5.74, 6) is -0.499. The Labute approximate surface area is 214 Å². The van der Waals surface area contributed by atoms with E-state index in [1.807, 2.05) is 0 Å². The van der Waals surface area contributed by atoms with Crippen LogP contribution in [0.3, 0.4) is 0 Å². The van der Waals surface area contributed by atoms with Gasteiger partial charge in [-0.15, -0.1) is 12.4 Å². The predicted octanol–water partition coefficient (Wildman–Crippen LogP) is 4.25. The molecule has 3 saturated heterocycles. The first kappa shape index (κ1) is 25.2. The Morgan fingerprint density at radius 2 is 1.86 bits per heavy atom. The normalized spacial score (nSPS) is 20.8. The fourth-order valence-corrected chi connectivity index (χ4v) is 5.23. The molecule has 9 heteroatoms. The van der Waals surface area contributed by atoms with Gasteiger partial charge in [0.25, 0.3) is 5.91 Å². The van der Waals surface area contributed by atoms with Crippen LogP contribution in [-0.2, 0) is 4.74 Å². The van der Waals surface area contributed by atoms with E-state index < -0.39 is 5.97 Å². The van der Waals surface area contributed by atoms with Gasteiger partial charge in [0.2, 0.25) is 5.78 Å². The Morgan fingerprint density at radius 1 is 1.09 bits per heavy atom. The smallest absolute Gasteiger partial charge is 0.340 e. The third kappa shape index (κ3) is 4.94.